The quantitative estimate of drug-likeness (QED) is 0.452. The van der Waals surface area contributed by atoms with E-state index in [1.807, 2.05) is 6.08 Å². The van der Waals surface area contributed by atoms with E-state index in [4.69, 9.17) is 4.74 Å². The maximum Gasteiger partial charge on any atom is 0.271 e. The van der Waals surface area contributed by atoms with Gasteiger partial charge < -0.3 is 15.4 Å². The van der Waals surface area contributed by atoms with Gasteiger partial charge in [-0.15, -0.1) is 0 Å². The largest absolute Gasteiger partial charge is 0.482 e. The van der Waals surface area contributed by atoms with Crippen LogP contribution in [0.4, 0.5) is 11.4 Å². The molecule has 25 heavy (non-hydrogen) atoms. The Morgan fingerprint density at radius 2 is 2.28 bits per heavy atom. The molecular formula is C16H18N4O5. The van der Waals surface area contributed by atoms with Crippen molar-refractivity contribution in [3.8, 4) is 5.75 Å². The number of carbonyl (C=O) groups is 2. The Morgan fingerprint density at radius 1 is 1.44 bits per heavy atom. The molecule has 9 heteroatoms. The third-order valence-corrected chi connectivity index (χ3v) is 4.07. The van der Waals surface area contributed by atoms with Gasteiger partial charge in [0.2, 0.25) is 5.91 Å². The van der Waals surface area contributed by atoms with Crippen LogP contribution in [-0.4, -0.2) is 49.5 Å². The van der Waals surface area contributed by atoms with Crippen molar-refractivity contribution in [2.24, 2.45) is 0 Å². The number of rotatable bonds is 5. The van der Waals surface area contributed by atoms with Crippen LogP contribution < -0.4 is 20.3 Å². The van der Waals surface area contributed by atoms with E-state index in [1.165, 1.54) is 23.1 Å². The third-order valence-electron chi connectivity index (χ3n) is 4.07. The molecule has 0 spiro atoms. The number of nitro groups is 1. The fourth-order valence-corrected chi connectivity index (χ4v) is 2.72. The van der Waals surface area contributed by atoms with Gasteiger partial charge in [-0.05, 0) is 19.0 Å². The minimum atomic E-state index is -0.554. The summed E-state index contributed by atoms with van der Waals surface area (Å²) >= 11 is 0. The predicted molar refractivity (Wildman–Crippen MR) is 89.5 cm³/mol. The summed E-state index contributed by atoms with van der Waals surface area (Å²) in [5, 5.41) is 16.9. The molecule has 132 valence electrons. The van der Waals surface area contributed by atoms with E-state index in [2.05, 4.69) is 10.6 Å². The van der Waals surface area contributed by atoms with E-state index < -0.39 is 10.8 Å². The normalized spacial score (nSPS) is 16.6. The molecule has 0 radical (unpaired) electrons. The first-order valence-electron chi connectivity index (χ1n) is 7.91. The monoisotopic (exact) mass is 346 g/mol. The molecule has 0 aliphatic carbocycles. The first-order chi connectivity index (χ1) is 12.0. The molecular weight excluding hydrogens is 328 g/mol. The number of nitrogens with zero attached hydrogens (tertiary/aromatic N) is 2. The summed E-state index contributed by atoms with van der Waals surface area (Å²) in [7, 11) is 0. The number of carbonyl (C=O) groups excluding carboxylic acids is 2. The third kappa shape index (κ3) is 3.94. The Bertz CT molecular complexity index is 746. The van der Waals surface area contributed by atoms with Crippen LogP contribution in [0.1, 0.15) is 6.42 Å². The molecule has 1 aromatic rings. The summed E-state index contributed by atoms with van der Waals surface area (Å²) in [4.78, 5) is 35.9. The van der Waals surface area contributed by atoms with Gasteiger partial charge in [0.1, 0.15) is 12.3 Å². The van der Waals surface area contributed by atoms with E-state index in [9.17, 15) is 19.7 Å². The lowest BCUT2D eigenvalue weighted by atomic mass is 10.1. The van der Waals surface area contributed by atoms with Crippen molar-refractivity contribution in [1.29, 1.82) is 0 Å². The molecule has 1 aromatic carbocycles. The Kier molecular flexibility index (Phi) is 4.94. The van der Waals surface area contributed by atoms with Gasteiger partial charge >= 0.3 is 0 Å². The zero-order valence-electron chi connectivity index (χ0n) is 13.5. The van der Waals surface area contributed by atoms with Gasteiger partial charge in [-0.25, -0.2) is 0 Å². The highest BCUT2D eigenvalue weighted by Crippen LogP contribution is 2.35. The molecule has 2 N–H and O–H groups in total. The lowest BCUT2D eigenvalue weighted by Gasteiger charge is -2.28. The topological polar surface area (TPSA) is 114 Å². The number of nitrogens with one attached hydrogen (secondary N) is 2. The van der Waals surface area contributed by atoms with Gasteiger partial charge in [-0.1, -0.05) is 11.6 Å². The summed E-state index contributed by atoms with van der Waals surface area (Å²) in [6, 6.07) is 3.98. The van der Waals surface area contributed by atoms with Crippen molar-refractivity contribution in [2.45, 2.75) is 6.42 Å². The fourth-order valence-electron chi connectivity index (χ4n) is 2.72. The van der Waals surface area contributed by atoms with Crippen molar-refractivity contribution in [1.82, 2.24) is 10.6 Å². The van der Waals surface area contributed by atoms with Gasteiger partial charge in [-0.3, -0.25) is 24.6 Å². The molecule has 0 saturated carbocycles. The van der Waals surface area contributed by atoms with E-state index in [-0.39, 0.29) is 30.4 Å². The number of amides is 2. The van der Waals surface area contributed by atoms with Crippen LogP contribution in [0.15, 0.2) is 29.8 Å². The minimum Gasteiger partial charge on any atom is -0.482 e. The Balaban J connectivity index is 1.70. The summed E-state index contributed by atoms with van der Waals surface area (Å²) in [5.41, 5.74) is 1.21. The summed E-state index contributed by atoms with van der Waals surface area (Å²) in [6.07, 6.45) is 2.90. The molecule has 9 nitrogen and oxygen atoms in total. The first kappa shape index (κ1) is 16.9. The summed E-state index contributed by atoms with van der Waals surface area (Å²) in [6.45, 7) is 1.68. The molecule has 2 heterocycles. The van der Waals surface area contributed by atoms with Crippen LogP contribution in [0.5, 0.6) is 5.75 Å². The highest BCUT2D eigenvalue weighted by Gasteiger charge is 2.29. The van der Waals surface area contributed by atoms with Crippen molar-refractivity contribution >= 4 is 23.2 Å². The van der Waals surface area contributed by atoms with Gasteiger partial charge in [0.15, 0.2) is 6.61 Å². The first-order valence-corrected chi connectivity index (χ1v) is 7.91. The number of hydrogen-bond donors (Lipinski definition) is 2. The zero-order valence-corrected chi connectivity index (χ0v) is 13.5. The maximum atomic E-state index is 12.2. The number of anilines is 1. The molecule has 2 amide bonds. The molecule has 0 aromatic heterocycles. The summed E-state index contributed by atoms with van der Waals surface area (Å²) in [5.74, 6) is -0.393. The van der Waals surface area contributed by atoms with Crippen LogP contribution in [0, 0.1) is 10.1 Å². The average Bonchev–Trinajstić information content (AvgIpc) is 2.63. The number of non-ortho nitro benzene ring substituents is 1. The molecule has 2 aliphatic rings. The highest BCUT2D eigenvalue weighted by molar-refractivity contribution is 6.02. The molecule has 0 atom stereocenters. The fraction of sp³-hybridized carbons (Fsp3) is 0.375. The van der Waals surface area contributed by atoms with Crippen LogP contribution in [-0.2, 0) is 9.59 Å². The van der Waals surface area contributed by atoms with Gasteiger partial charge in [0.05, 0.1) is 10.6 Å². The molecule has 0 saturated heterocycles. The number of ether oxygens (including phenoxy) is 1. The van der Waals surface area contributed by atoms with Gasteiger partial charge in [0, 0.05) is 25.2 Å². The van der Waals surface area contributed by atoms with Crippen molar-refractivity contribution in [3.05, 3.63) is 40.0 Å². The van der Waals surface area contributed by atoms with E-state index in [0.29, 0.717) is 12.3 Å². The Morgan fingerprint density at radius 3 is 3.00 bits per heavy atom. The van der Waals surface area contributed by atoms with Crippen LogP contribution >= 0.6 is 0 Å². The van der Waals surface area contributed by atoms with E-state index >= 15 is 0 Å². The van der Waals surface area contributed by atoms with Crippen LogP contribution in [0.25, 0.3) is 0 Å². The summed E-state index contributed by atoms with van der Waals surface area (Å²) < 4.78 is 5.28. The molecule has 0 unspecified atom stereocenters. The Hall–Kier alpha value is -2.94. The van der Waals surface area contributed by atoms with Crippen molar-refractivity contribution < 1.29 is 19.2 Å². The van der Waals surface area contributed by atoms with E-state index in [0.717, 1.165) is 25.1 Å². The number of nitro benzene ring substituents is 1. The Labute approximate surface area is 143 Å². The molecule has 3 rings (SSSR count). The number of fused-ring (bicyclic) bond motifs is 1. The van der Waals surface area contributed by atoms with Crippen molar-refractivity contribution in [3.63, 3.8) is 0 Å². The minimum absolute atomic E-state index is 0.165. The van der Waals surface area contributed by atoms with Crippen LogP contribution in [0.2, 0.25) is 0 Å². The standard InChI is InChI=1S/C16H18N4O5/c21-15(18-8-11-3-5-17-6-4-11)9-19-13-7-12(20(23)24)1-2-14(13)25-10-16(19)22/h1-3,7,17H,4-6,8-10H2,(H,18,21). The molecule has 2 aliphatic heterocycles. The lowest BCUT2D eigenvalue weighted by Crippen LogP contribution is -2.45. The molecule has 0 bridgehead atoms. The highest BCUT2D eigenvalue weighted by atomic mass is 16.6. The van der Waals surface area contributed by atoms with Gasteiger partial charge in [0.25, 0.3) is 11.6 Å². The molecule has 0 fully saturated rings. The van der Waals surface area contributed by atoms with Gasteiger partial charge in [-0.2, -0.15) is 0 Å². The van der Waals surface area contributed by atoms with Crippen molar-refractivity contribution in [2.75, 3.05) is 37.7 Å². The lowest BCUT2D eigenvalue weighted by molar-refractivity contribution is -0.384. The second-order valence-electron chi connectivity index (χ2n) is 5.77. The van der Waals surface area contributed by atoms with Crippen LogP contribution in [0.3, 0.4) is 0 Å². The average molecular weight is 346 g/mol. The SMILES string of the molecule is O=C(CN1C(=O)COc2ccc([N+](=O)[O-])cc21)NCC1=CCNCC1. The second kappa shape index (κ2) is 7.31. The number of benzene rings is 1. The maximum absolute atomic E-state index is 12.2. The predicted octanol–water partition coefficient (Wildman–Crippen LogP) is 0.356. The smallest absolute Gasteiger partial charge is 0.271 e. The number of hydrogen-bond acceptors (Lipinski definition) is 6. The second-order valence-corrected chi connectivity index (χ2v) is 5.77. The van der Waals surface area contributed by atoms with E-state index in [1.54, 1.807) is 0 Å². The zero-order chi connectivity index (χ0) is 17.8.